The molecule has 0 aliphatic carbocycles. The monoisotopic (exact) mass is 553 g/mol. The molecule has 0 saturated carbocycles. The number of carbonyl (C=O) groups is 1. The summed E-state index contributed by atoms with van der Waals surface area (Å²) in [5, 5.41) is 3.44. The van der Waals surface area contributed by atoms with Gasteiger partial charge in [-0.3, -0.25) is 4.79 Å². The molecule has 0 bridgehead atoms. The van der Waals surface area contributed by atoms with Crippen molar-refractivity contribution >= 4 is 46.5 Å². The Morgan fingerprint density at radius 1 is 1.11 bits per heavy atom. The maximum atomic E-state index is 13.7. The molecule has 0 saturated heterocycles. The summed E-state index contributed by atoms with van der Waals surface area (Å²) in [5.74, 6) is -0.523. The molecule has 0 aromatic heterocycles. The minimum atomic E-state index is -4.66. The Hall–Kier alpha value is -2.59. The number of hydrogen-bond acceptors (Lipinski definition) is 4. The number of hydrogen-bond donors (Lipinski definition) is 1. The Balaban J connectivity index is 1.69. The topological polar surface area (TPSA) is 61.4 Å². The molecule has 190 valence electrons. The summed E-state index contributed by atoms with van der Waals surface area (Å²) < 4.78 is 58.8. The van der Waals surface area contributed by atoms with E-state index in [-0.39, 0.29) is 23.0 Å². The smallest absolute Gasteiger partial charge is 0.420 e. The summed E-state index contributed by atoms with van der Waals surface area (Å²) >= 11 is 5.76. The molecule has 0 aliphatic rings. The largest absolute Gasteiger partial charge is 0.611 e. The van der Waals surface area contributed by atoms with Gasteiger partial charge >= 0.3 is 6.18 Å². The van der Waals surface area contributed by atoms with E-state index in [9.17, 15) is 22.5 Å². The van der Waals surface area contributed by atoms with E-state index in [0.717, 1.165) is 11.6 Å². The molecule has 3 aromatic rings. The quantitative estimate of drug-likeness (QED) is 0.285. The van der Waals surface area contributed by atoms with Crippen LogP contribution in [0.15, 0.2) is 71.0 Å². The lowest BCUT2D eigenvalue weighted by molar-refractivity contribution is -0.138. The number of halogens is 4. The molecule has 1 N–H and O–H groups in total. The second kappa shape index (κ2) is 12.6. The van der Waals surface area contributed by atoms with E-state index in [1.54, 1.807) is 18.4 Å². The van der Waals surface area contributed by atoms with Crippen molar-refractivity contribution in [2.75, 3.05) is 19.1 Å². The molecule has 0 radical (unpaired) electrons. The Kier molecular flexibility index (Phi) is 9.78. The van der Waals surface area contributed by atoms with Crippen molar-refractivity contribution in [3.05, 3.63) is 98.2 Å². The summed E-state index contributed by atoms with van der Waals surface area (Å²) in [4.78, 5) is 12.4. The highest BCUT2D eigenvalue weighted by Gasteiger charge is 2.35. The van der Waals surface area contributed by atoms with Crippen molar-refractivity contribution in [3.8, 4) is 11.5 Å². The summed E-state index contributed by atoms with van der Waals surface area (Å²) in [6.07, 6.45) is 0.600. The number of nitrogens with one attached hydrogen (secondary N) is 1. The van der Waals surface area contributed by atoms with Gasteiger partial charge in [-0.1, -0.05) is 41.6 Å². The fraction of sp³-hybridized carbons (Fsp3) is 0.192. The van der Waals surface area contributed by atoms with Crippen molar-refractivity contribution in [1.82, 2.24) is 5.32 Å². The average molecular weight is 554 g/mol. The van der Waals surface area contributed by atoms with Gasteiger partial charge in [-0.05, 0) is 83.5 Å². The molecule has 4 nitrogen and oxygen atoms in total. The van der Waals surface area contributed by atoms with E-state index in [2.05, 4.69) is 5.32 Å². The van der Waals surface area contributed by atoms with Gasteiger partial charge in [0.15, 0.2) is 4.24 Å². The number of thioether (sulfide) groups is 1. The van der Waals surface area contributed by atoms with Crippen molar-refractivity contribution in [3.63, 3.8) is 0 Å². The van der Waals surface area contributed by atoms with Crippen LogP contribution in [0.2, 0.25) is 5.02 Å². The van der Waals surface area contributed by atoms with E-state index in [1.165, 1.54) is 60.5 Å². The van der Waals surface area contributed by atoms with E-state index < -0.39 is 22.9 Å². The maximum Gasteiger partial charge on any atom is 0.420 e. The van der Waals surface area contributed by atoms with Crippen LogP contribution in [-0.2, 0) is 23.8 Å². The molecule has 0 heterocycles. The second-order valence-electron chi connectivity index (χ2n) is 7.63. The highest BCUT2D eigenvalue weighted by molar-refractivity contribution is 8.18. The van der Waals surface area contributed by atoms with Gasteiger partial charge in [0, 0.05) is 23.2 Å². The van der Waals surface area contributed by atoms with Gasteiger partial charge in [-0.2, -0.15) is 13.2 Å². The SMILES string of the molecule is CS/C(=C\c1ccc(Oc2ccc(C(=O)NCCc3ccc(Cl)cc3)cc2)c(C(F)(F)F)c1)[S+](C)[O-]. The first-order valence-corrected chi connectivity index (χ1v) is 13.8. The van der Waals surface area contributed by atoms with E-state index in [1.807, 2.05) is 12.1 Å². The van der Waals surface area contributed by atoms with Crippen molar-refractivity contribution in [1.29, 1.82) is 0 Å². The third-order valence-electron chi connectivity index (χ3n) is 5.03. The number of ether oxygens (including phenoxy) is 1. The van der Waals surface area contributed by atoms with E-state index >= 15 is 0 Å². The number of rotatable bonds is 9. The molecule has 1 atom stereocenters. The Bertz CT molecular complexity index is 1210. The zero-order valence-electron chi connectivity index (χ0n) is 19.4. The van der Waals surface area contributed by atoms with Crippen LogP contribution in [-0.4, -0.2) is 29.5 Å². The number of amides is 1. The van der Waals surface area contributed by atoms with Crippen LogP contribution < -0.4 is 10.1 Å². The zero-order valence-corrected chi connectivity index (χ0v) is 21.8. The van der Waals surface area contributed by atoms with Crippen LogP contribution in [0.3, 0.4) is 0 Å². The summed E-state index contributed by atoms with van der Waals surface area (Å²) in [5.41, 5.74) is 0.688. The van der Waals surface area contributed by atoms with Gasteiger partial charge in [-0.15, -0.1) is 0 Å². The van der Waals surface area contributed by atoms with Crippen LogP contribution in [0.1, 0.15) is 27.0 Å². The van der Waals surface area contributed by atoms with Crippen LogP contribution in [0, 0.1) is 0 Å². The number of carbonyl (C=O) groups excluding carboxylic acids is 1. The molecule has 1 unspecified atom stereocenters. The molecule has 0 fully saturated rings. The van der Waals surface area contributed by atoms with Crippen molar-refractivity contribution in [2.45, 2.75) is 12.6 Å². The predicted octanol–water partition coefficient (Wildman–Crippen LogP) is 7.16. The van der Waals surface area contributed by atoms with Gasteiger partial charge in [0.25, 0.3) is 5.91 Å². The normalized spacial score (nSPS) is 12.8. The Morgan fingerprint density at radius 2 is 1.78 bits per heavy atom. The molecule has 10 heteroatoms. The maximum absolute atomic E-state index is 13.7. The van der Waals surface area contributed by atoms with E-state index in [4.69, 9.17) is 16.3 Å². The van der Waals surface area contributed by atoms with Crippen molar-refractivity contribution < 1.29 is 27.3 Å². The molecular formula is C26H23ClF3NO3S2. The summed E-state index contributed by atoms with van der Waals surface area (Å²) in [7, 11) is 0. The van der Waals surface area contributed by atoms with Crippen LogP contribution in [0.25, 0.3) is 6.08 Å². The van der Waals surface area contributed by atoms with Crippen molar-refractivity contribution in [2.24, 2.45) is 0 Å². The first kappa shape index (κ1) is 28.0. The highest BCUT2D eigenvalue weighted by Crippen LogP contribution is 2.39. The molecular weight excluding hydrogens is 531 g/mol. The van der Waals surface area contributed by atoms with Crippen LogP contribution >= 0.6 is 23.4 Å². The third kappa shape index (κ3) is 7.96. The molecule has 0 aliphatic heterocycles. The highest BCUT2D eigenvalue weighted by atomic mass is 35.5. The van der Waals surface area contributed by atoms with Crippen LogP contribution in [0.5, 0.6) is 11.5 Å². The Morgan fingerprint density at radius 3 is 2.36 bits per heavy atom. The van der Waals surface area contributed by atoms with Gasteiger partial charge in [0.2, 0.25) is 0 Å². The number of benzene rings is 3. The zero-order chi connectivity index (χ0) is 26.3. The van der Waals surface area contributed by atoms with E-state index in [0.29, 0.717) is 27.8 Å². The lowest BCUT2D eigenvalue weighted by Crippen LogP contribution is -2.25. The van der Waals surface area contributed by atoms with Gasteiger partial charge in [0.05, 0.1) is 5.56 Å². The van der Waals surface area contributed by atoms with Crippen LogP contribution in [0.4, 0.5) is 13.2 Å². The minimum Gasteiger partial charge on any atom is -0.611 e. The molecule has 36 heavy (non-hydrogen) atoms. The summed E-state index contributed by atoms with van der Waals surface area (Å²) in [6, 6.07) is 16.8. The first-order valence-electron chi connectivity index (χ1n) is 10.7. The second-order valence-corrected chi connectivity index (χ2v) is 10.5. The standard InChI is InChI=1S/C26H23ClF3NO3S2/c1-35-24(36(2)33)16-18-5-12-23(22(15-18)26(28,29)30)34-21-10-6-19(7-11-21)25(32)31-14-13-17-3-8-20(27)9-4-17/h3-12,15-16H,13-14H2,1-2H3,(H,31,32)/b24-16+. The molecule has 3 rings (SSSR count). The minimum absolute atomic E-state index is 0.154. The lowest BCUT2D eigenvalue weighted by Gasteiger charge is -2.15. The predicted molar refractivity (Wildman–Crippen MR) is 141 cm³/mol. The summed E-state index contributed by atoms with van der Waals surface area (Å²) in [6.45, 7) is 0.415. The fourth-order valence-corrected chi connectivity index (χ4v) is 4.84. The van der Waals surface area contributed by atoms with Gasteiger partial charge in [0.1, 0.15) is 17.8 Å². The molecule has 3 aromatic carbocycles. The third-order valence-corrected chi connectivity index (χ3v) is 7.70. The average Bonchev–Trinajstić information content (AvgIpc) is 2.84. The molecule has 0 spiro atoms. The first-order chi connectivity index (χ1) is 17.1. The van der Waals surface area contributed by atoms with Gasteiger partial charge < -0.3 is 14.6 Å². The lowest BCUT2D eigenvalue weighted by atomic mass is 10.1. The Labute approximate surface area is 220 Å². The number of alkyl halides is 3. The fourth-order valence-electron chi connectivity index (χ4n) is 3.22. The molecule has 1 amide bonds. The van der Waals surface area contributed by atoms with Gasteiger partial charge in [-0.25, -0.2) is 0 Å².